The van der Waals surface area contributed by atoms with Gasteiger partial charge in [0, 0.05) is 25.5 Å². The summed E-state index contributed by atoms with van der Waals surface area (Å²) in [6.07, 6.45) is 3.45. The molecule has 1 rings (SSSR count). The normalized spacial score (nSPS) is 9.94. The fraction of sp³-hybridized carbons (Fsp3) is 0.455. The van der Waals surface area contributed by atoms with Crippen LogP contribution in [0.4, 0.5) is 5.69 Å². The zero-order valence-electron chi connectivity index (χ0n) is 9.53. The van der Waals surface area contributed by atoms with E-state index in [1.54, 1.807) is 12.4 Å². The number of amides is 1. The number of anilines is 1. The Bertz CT molecular complexity index is 357. The third kappa shape index (κ3) is 3.48. The van der Waals surface area contributed by atoms with Crippen LogP contribution < -0.4 is 10.2 Å². The second-order valence-corrected chi connectivity index (χ2v) is 4.15. The number of carbonyl (C=O) groups is 1. The van der Waals surface area contributed by atoms with Crippen molar-refractivity contribution in [3.05, 3.63) is 22.9 Å². The lowest BCUT2D eigenvalue weighted by molar-refractivity contribution is -0.119. The van der Waals surface area contributed by atoms with Gasteiger partial charge >= 0.3 is 0 Å². The molecule has 0 radical (unpaired) electrons. The molecule has 5 heteroatoms. The Morgan fingerprint density at radius 1 is 1.56 bits per heavy atom. The molecule has 0 bridgehead atoms. The average Bonchev–Trinajstić information content (AvgIpc) is 2.27. The van der Waals surface area contributed by atoms with Crippen molar-refractivity contribution in [3.63, 3.8) is 0 Å². The average molecular weight is 286 g/mol. The molecule has 1 heterocycles. The fourth-order valence-corrected chi connectivity index (χ4v) is 1.92. The highest BCUT2D eigenvalue weighted by atomic mass is 79.9. The van der Waals surface area contributed by atoms with E-state index in [9.17, 15) is 4.79 Å². The lowest BCUT2D eigenvalue weighted by Crippen LogP contribution is -2.37. The topological polar surface area (TPSA) is 45.2 Å². The number of hydrogen-bond acceptors (Lipinski definition) is 3. The van der Waals surface area contributed by atoms with Crippen LogP contribution in [-0.2, 0) is 4.79 Å². The molecule has 0 aliphatic rings. The van der Waals surface area contributed by atoms with Crippen LogP contribution in [0.3, 0.4) is 0 Å². The molecular formula is C11H16BrN3O. The molecule has 0 atom stereocenters. The molecule has 1 amide bonds. The molecular weight excluding hydrogens is 270 g/mol. The van der Waals surface area contributed by atoms with Gasteiger partial charge < -0.3 is 10.2 Å². The minimum atomic E-state index is 0.0352. The van der Waals surface area contributed by atoms with Gasteiger partial charge in [0.15, 0.2) is 0 Å². The largest absolute Gasteiger partial charge is 0.361 e. The summed E-state index contributed by atoms with van der Waals surface area (Å²) in [5.41, 5.74) is 0.990. The minimum absolute atomic E-state index is 0.0352. The maximum Gasteiger partial charge on any atom is 0.239 e. The van der Waals surface area contributed by atoms with Gasteiger partial charge in [0.25, 0.3) is 0 Å². The third-order valence-corrected chi connectivity index (χ3v) is 2.79. The van der Waals surface area contributed by atoms with Gasteiger partial charge in [-0.1, -0.05) is 0 Å². The molecule has 1 N–H and O–H groups in total. The SMILES string of the molecule is CCNC(=O)CN(CC)c1ccncc1Br. The minimum Gasteiger partial charge on any atom is -0.361 e. The summed E-state index contributed by atoms with van der Waals surface area (Å²) in [6.45, 7) is 5.74. The van der Waals surface area contributed by atoms with E-state index in [1.807, 2.05) is 24.8 Å². The first-order valence-corrected chi connectivity index (χ1v) is 6.09. The number of pyridine rings is 1. The number of carbonyl (C=O) groups excluding carboxylic acids is 1. The number of nitrogens with one attached hydrogen (secondary N) is 1. The fourth-order valence-electron chi connectivity index (χ4n) is 1.42. The predicted molar refractivity (Wildman–Crippen MR) is 68.5 cm³/mol. The first-order chi connectivity index (χ1) is 7.69. The van der Waals surface area contributed by atoms with E-state index < -0.39 is 0 Å². The van der Waals surface area contributed by atoms with Crippen LogP contribution in [0, 0.1) is 0 Å². The Morgan fingerprint density at radius 3 is 2.88 bits per heavy atom. The van der Waals surface area contributed by atoms with Gasteiger partial charge in [0.1, 0.15) is 0 Å². The van der Waals surface area contributed by atoms with Crippen molar-refractivity contribution in [1.82, 2.24) is 10.3 Å². The third-order valence-electron chi connectivity index (χ3n) is 2.18. The van der Waals surface area contributed by atoms with E-state index in [0.717, 1.165) is 16.7 Å². The summed E-state index contributed by atoms with van der Waals surface area (Å²) in [7, 11) is 0. The molecule has 1 aromatic heterocycles. The lowest BCUT2D eigenvalue weighted by Gasteiger charge is -2.23. The Morgan fingerprint density at radius 2 is 2.31 bits per heavy atom. The maximum atomic E-state index is 11.5. The van der Waals surface area contributed by atoms with Gasteiger partial charge in [-0.25, -0.2) is 0 Å². The molecule has 0 aliphatic heterocycles. The van der Waals surface area contributed by atoms with E-state index >= 15 is 0 Å². The quantitative estimate of drug-likeness (QED) is 0.898. The van der Waals surface area contributed by atoms with Crippen LogP contribution in [0.5, 0.6) is 0 Å². The van der Waals surface area contributed by atoms with Crippen LogP contribution in [0.25, 0.3) is 0 Å². The number of nitrogens with zero attached hydrogens (tertiary/aromatic N) is 2. The number of halogens is 1. The summed E-state index contributed by atoms with van der Waals surface area (Å²) >= 11 is 3.43. The Hall–Kier alpha value is -1.10. The number of hydrogen-bond donors (Lipinski definition) is 1. The lowest BCUT2D eigenvalue weighted by atomic mass is 10.3. The zero-order chi connectivity index (χ0) is 12.0. The highest BCUT2D eigenvalue weighted by Gasteiger charge is 2.11. The molecule has 1 aromatic rings. The van der Waals surface area contributed by atoms with Gasteiger partial charge in [0.2, 0.25) is 5.91 Å². The molecule has 0 unspecified atom stereocenters. The smallest absolute Gasteiger partial charge is 0.239 e. The Labute approximate surface area is 104 Å². The molecule has 4 nitrogen and oxygen atoms in total. The van der Waals surface area contributed by atoms with E-state index in [4.69, 9.17) is 0 Å². The van der Waals surface area contributed by atoms with Gasteiger partial charge in [-0.2, -0.15) is 0 Å². The van der Waals surface area contributed by atoms with Crippen LogP contribution in [0.2, 0.25) is 0 Å². The molecule has 0 saturated carbocycles. The number of likely N-dealkylation sites (N-methyl/N-ethyl adjacent to an activating group) is 2. The Balaban J connectivity index is 2.75. The monoisotopic (exact) mass is 285 g/mol. The molecule has 0 aliphatic carbocycles. The predicted octanol–water partition coefficient (Wildman–Crippen LogP) is 1.81. The Kier molecular flexibility index (Phi) is 5.25. The van der Waals surface area contributed by atoms with E-state index in [1.165, 1.54) is 0 Å². The van der Waals surface area contributed by atoms with E-state index in [0.29, 0.717) is 13.1 Å². The number of aromatic nitrogens is 1. The summed E-state index contributed by atoms with van der Waals surface area (Å²) in [6, 6.07) is 1.90. The molecule has 0 aromatic carbocycles. The summed E-state index contributed by atoms with van der Waals surface area (Å²) in [5.74, 6) is 0.0352. The van der Waals surface area contributed by atoms with Crippen molar-refractivity contribution >= 4 is 27.5 Å². The van der Waals surface area contributed by atoms with Gasteiger partial charge in [-0.3, -0.25) is 9.78 Å². The van der Waals surface area contributed by atoms with Crippen molar-refractivity contribution in [2.75, 3.05) is 24.5 Å². The van der Waals surface area contributed by atoms with Crippen LogP contribution in [0.15, 0.2) is 22.9 Å². The van der Waals surface area contributed by atoms with Gasteiger partial charge in [0.05, 0.1) is 16.7 Å². The van der Waals surface area contributed by atoms with Crippen LogP contribution in [-0.4, -0.2) is 30.5 Å². The van der Waals surface area contributed by atoms with Crippen molar-refractivity contribution < 1.29 is 4.79 Å². The highest BCUT2D eigenvalue weighted by Crippen LogP contribution is 2.24. The second-order valence-electron chi connectivity index (χ2n) is 3.29. The van der Waals surface area contributed by atoms with E-state index in [-0.39, 0.29) is 5.91 Å². The summed E-state index contributed by atoms with van der Waals surface area (Å²) < 4.78 is 0.904. The second kappa shape index (κ2) is 6.48. The summed E-state index contributed by atoms with van der Waals surface area (Å²) in [5, 5.41) is 2.79. The molecule has 0 saturated heterocycles. The molecule has 0 fully saturated rings. The molecule has 88 valence electrons. The van der Waals surface area contributed by atoms with E-state index in [2.05, 4.69) is 26.2 Å². The van der Waals surface area contributed by atoms with Crippen molar-refractivity contribution in [2.45, 2.75) is 13.8 Å². The van der Waals surface area contributed by atoms with Gasteiger partial charge in [-0.15, -0.1) is 0 Å². The first kappa shape index (κ1) is 13.0. The maximum absolute atomic E-state index is 11.5. The molecule has 16 heavy (non-hydrogen) atoms. The first-order valence-electron chi connectivity index (χ1n) is 5.30. The summed E-state index contributed by atoms with van der Waals surface area (Å²) in [4.78, 5) is 17.5. The van der Waals surface area contributed by atoms with Gasteiger partial charge in [-0.05, 0) is 35.8 Å². The van der Waals surface area contributed by atoms with Crippen molar-refractivity contribution in [2.24, 2.45) is 0 Å². The molecule has 0 spiro atoms. The van der Waals surface area contributed by atoms with Crippen LogP contribution in [0.1, 0.15) is 13.8 Å². The van der Waals surface area contributed by atoms with Crippen molar-refractivity contribution in [3.8, 4) is 0 Å². The van der Waals surface area contributed by atoms with Crippen LogP contribution >= 0.6 is 15.9 Å². The highest BCUT2D eigenvalue weighted by molar-refractivity contribution is 9.10. The van der Waals surface area contributed by atoms with Crippen molar-refractivity contribution in [1.29, 1.82) is 0 Å². The zero-order valence-corrected chi connectivity index (χ0v) is 11.1. The standard InChI is InChI=1S/C11H16BrN3O/c1-3-14-11(16)8-15(4-2)10-5-6-13-7-9(10)12/h5-7H,3-4,8H2,1-2H3,(H,14,16). The number of rotatable bonds is 5.